The Hall–Kier alpha value is -2.13. The lowest BCUT2D eigenvalue weighted by molar-refractivity contribution is 0.234. The van der Waals surface area contributed by atoms with Gasteiger partial charge in [0.25, 0.3) is 0 Å². The first-order chi connectivity index (χ1) is 12.9. The minimum atomic E-state index is -3.58. The van der Waals surface area contributed by atoms with Crippen LogP contribution in [0.2, 0.25) is 0 Å². The molecule has 27 heavy (non-hydrogen) atoms. The number of anilines is 1. The molecule has 0 amide bonds. The molecule has 148 valence electrons. The minimum absolute atomic E-state index is 0.0151. The van der Waals surface area contributed by atoms with Crippen LogP contribution in [0.1, 0.15) is 5.69 Å². The van der Waals surface area contributed by atoms with E-state index in [0.29, 0.717) is 5.69 Å². The Balaban J connectivity index is 2.11. The van der Waals surface area contributed by atoms with Crippen molar-refractivity contribution < 1.29 is 27.8 Å². The predicted octanol–water partition coefficient (Wildman–Crippen LogP) is 0.352. The van der Waals surface area contributed by atoms with Crippen molar-refractivity contribution in [3.63, 3.8) is 0 Å². The van der Waals surface area contributed by atoms with E-state index < -0.39 is 15.8 Å². The molecule has 5 N–H and O–H groups in total. The first-order valence-electron chi connectivity index (χ1n) is 7.45. The van der Waals surface area contributed by atoms with E-state index in [-0.39, 0.29) is 47.3 Å². The average molecular weight is 467 g/mol. The Labute approximate surface area is 161 Å². The first-order valence-corrected chi connectivity index (χ1v) is 9.89. The maximum atomic E-state index is 13.3. The Kier molecular flexibility index (Phi) is 7.61. The summed E-state index contributed by atoms with van der Waals surface area (Å²) >= 11 is 3.03. The number of aliphatic hydroxyl groups is 1. The van der Waals surface area contributed by atoms with Crippen LogP contribution in [0.25, 0.3) is 0 Å². The van der Waals surface area contributed by atoms with Crippen molar-refractivity contribution in [3.8, 4) is 0 Å². The topological polar surface area (TPSA) is 162 Å². The van der Waals surface area contributed by atoms with Crippen molar-refractivity contribution in [1.82, 2.24) is 20.5 Å². The van der Waals surface area contributed by atoms with Gasteiger partial charge in [-0.2, -0.15) is 0 Å². The molecule has 2 rings (SSSR count). The largest absolute Gasteiger partial charge is 0.395 e. The maximum absolute atomic E-state index is 13.3. The maximum Gasteiger partial charge on any atom is 0.213 e. The van der Waals surface area contributed by atoms with Gasteiger partial charge in [0.1, 0.15) is 5.82 Å². The number of benzene rings is 1. The number of aliphatic imine (C=N–C) groups is 1. The molecule has 2 aromatic rings. The fourth-order valence-electron chi connectivity index (χ4n) is 1.85. The van der Waals surface area contributed by atoms with Crippen LogP contribution in [0.15, 0.2) is 32.3 Å². The molecule has 1 aromatic heterocycles. The first kappa shape index (κ1) is 21.2. The summed E-state index contributed by atoms with van der Waals surface area (Å²) in [6.45, 7) is -0.453. The van der Waals surface area contributed by atoms with Crippen molar-refractivity contribution in [3.05, 3.63) is 34.2 Å². The van der Waals surface area contributed by atoms with E-state index in [1.54, 1.807) is 0 Å². The fraction of sp³-hybridized carbons (Fsp3) is 0.308. The van der Waals surface area contributed by atoms with E-state index in [4.69, 9.17) is 5.11 Å². The van der Waals surface area contributed by atoms with Crippen molar-refractivity contribution in [2.75, 3.05) is 30.8 Å². The molecule has 0 unspecified atom stereocenters. The summed E-state index contributed by atoms with van der Waals surface area (Å²) in [5, 5.41) is 27.9. The molecule has 0 aliphatic carbocycles. The van der Waals surface area contributed by atoms with E-state index in [1.807, 2.05) is 5.48 Å². The van der Waals surface area contributed by atoms with Crippen LogP contribution in [-0.4, -0.2) is 60.3 Å². The summed E-state index contributed by atoms with van der Waals surface area (Å²) in [5.74, 6) is -0.898. The number of hydrogen-bond donors (Lipinski definition) is 5. The standard InChI is InChI=1S/C13H16BrFN6O5S/c14-9-7-8(1-2-10(9)15)18-13(19-23)11-12(21-26-20-11)16-4-6-27(24,25)17-3-5-22/h1-2,7,17,22-23H,3-6H2,(H,16,21)(H,18,19). The van der Waals surface area contributed by atoms with Crippen LogP contribution in [0.5, 0.6) is 0 Å². The molecule has 0 aliphatic rings. The molecule has 0 aliphatic heterocycles. The molecule has 14 heteroatoms. The van der Waals surface area contributed by atoms with Crippen LogP contribution in [0.3, 0.4) is 0 Å². The zero-order valence-electron chi connectivity index (χ0n) is 13.7. The van der Waals surface area contributed by atoms with Crippen molar-refractivity contribution in [1.29, 1.82) is 0 Å². The number of nitrogens with zero attached hydrogens (tertiary/aromatic N) is 3. The number of rotatable bonds is 9. The van der Waals surface area contributed by atoms with Gasteiger partial charge in [-0.3, -0.25) is 10.7 Å². The van der Waals surface area contributed by atoms with Gasteiger partial charge >= 0.3 is 0 Å². The van der Waals surface area contributed by atoms with Gasteiger partial charge in [-0.25, -0.2) is 27.2 Å². The summed E-state index contributed by atoms with van der Waals surface area (Å²) in [5.41, 5.74) is 2.12. The highest BCUT2D eigenvalue weighted by Crippen LogP contribution is 2.23. The molecule has 0 atom stereocenters. The molecule has 0 spiro atoms. The molecule has 0 bridgehead atoms. The molecule has 11 nitrogen and oxygen atoms in total. The van der Waals surface area contributed by atoms with Gasteiger partial charge in [-0.05, 0) is 44.4 Å². The lowest BCUT2D eigenvalue weighted by atomic mass is 10.3. The zero-order chi connectivity index (χ0) is 19.9. The second-order valence-corrected chi connectivity index (χ2v) is 7.78. The Morgan fingerprint density at radius 1 is 1.33 bits per heavy atom. The van der Waals surface area contributed by atoms with Gasteiger partial charge < -0.3 is 10.4 Å². The number of halogens is 2. The Bertz CT molecular complexity index is 906. The van der Waals surface area contributed by atoms with Gasteiger partial charge in [-0.15, -0.1) is 0 Å². The van der Waals surface area contributed by atoms with Crippen LogP contribution in [-0.2, 0) is 10.0 Å². The highest BCUT2D eigenvalue weighted by atomic mass is 79.9. The highest BCUT2D eigenvalue weighted by Gasteiger charge is 2.18. The Morgan fingerprint density at radius 2 is 2.11 bits per heavy atom. The molecule has 0 saturated heterocycles. The summed E-state index contributed by atoms with van der Waals surface area (Å²) in [4.78, 5) is 4.08. The second kappa shape index (κ2) is 9.70. The van der Waals surface area contributed by atoms with Crippen LogP contribution in [0, 0.1) is 5.82 Å². The van der Waals surface area contributed by atoms with Gasteiger partial charge in [-0.1, -0.05) is 0 Å². The molecule has 0 fully saturated rings. The average Bonchev–Trinajstić information content (AvgIpc) is 3.09. The molecular formula is C13H16BrFN6O5S. The van der Waals surface area contributed by atoms with Crippen LogP contribution < -0.4 is 15.5 Å². The third-order valence-corrected chi connectivity index (χ3v) is 5.05. The highest BCUT2D eigenvalue weighted by molar-refractivity contribution is 9.10. The van der Waals surface area contributed by atoms with Crippen molar-refractivity contribution in [2.24, 2.45) is 4.99 Å². The van der Waals surface area contributed by atoms with E-state index in [1.165, 1.54) is 18.2 Å². The SMILES string of the molecule is O=S(=O)(CCNc1nonc1C(=Nc1ccc(F)c(Br)c1)NO)NCCO. The quantitative estimate of drug-likeness (QED) is 0.199. The number of aliphatic hydroxyl groups excluding tert-OH is 1. The smallest absolute Gasteiger partial charge is 0.213 e. The number of hydroxylamine groups is 1. The van der Waals surface area contributed by atoms with E-state index in [2.05, 4.69) is 45.9 Å². The third kappa shape index (κ3) is 6.21. The third-order valence-electron chi connectivity index (χ3n) is 3.06. The monoisotopic (exact) mass is 466 g/mol. The zero-order valence-corrected chi connectivity index (χ0v) is 16.1. The number of aromatic nitrogens is 2. The lowest BCUT2D eigenvalue weighted by Crippen LogP contribution is -2.32. The molecule has 1 heterocycles. The number of nitrogens with one attached hydrogen (secondary N) is 3. The summed E-state index contributed by atoms with van der Waals surface area (Å²) in [6, 6.07) is 3.94. The minimum Gasteiger partial charge on any atom is -0.395 e. The lowest BCUT2D eigenvalue weighted by Gasteiger charge is -2.07. The van der Waals surface area contributed by atoms with Gasteiger partial charge in [0, 0.05) is 13.1 Å². The van der Waals surface area contributed by atoms with E-state index in [0.717, 1.165) is 0 Å². The molecule has 0 saturated carbocycles. The molecule has 0 radical (unpaired) electrons. The van der Waals surface area contributed by atoms with Gasteiger partial charge in [0.05, 0.1) is 22.5 Å². The number of hydrogen-bond acceptors (Lipinski definition) is 9. The van der Waals surface area contributed by atoms with Crippen LogP contribution >= 0.6 is 15.9 Å². The van der Waals surface area contributed by atoms with Gasteiger partial charge in [0.15, 0.2) is 11.5 Å². The van der Waals surface area contributed by atoms with E-state index in [9.17, 15) is 18.0 Å². The summed E-state index contributed by atoms with van der Waals surface area (Å²) < 4.78 is 43.6. The second-order valence-electron chi connectivity index (χ2n) is 5.00. The molecular weight excluding hydrogens is 451 g/mol. The Morgan fingerprint density at radius 3 is 2.78 bits per heavy atom. The van der Waals surface area contributed by atoms with Crippen molar-refractivity contribution in [2.45, 2.75) is 0 Å². The summed E-state index contributed by atoms with van der Waals surface area (Å²) in [6.07, 6.45) is 0. The van der Waals surface area contributed by atoms with Crippen molar-refractivity contribution >= 4 is 43.3 Å². The number of sulfonamides is 1. The normalized spacial score (nSPS) is 12.2. The fourth-order valence-corrected chi connectivity index (χ4v) is 3.14. The predicted molar refractivity (Wildman–Crippen MR) is 96.9 cm³/mol. The van der Waals surface area contributed by atoms with Gasteiger partial charge in [0.2, 0.25) is 15.8 Å². The van der Waals surface area contributed by atoms with Crippen LogP contribution in [0.4, 0.5) is 15.9 Å². The summed E-state index contributed by atoms with van der Waals surface area (Å²) in [7, 11) is -3.58. The number of amidine groups is 1. The van der Waals surface area contributed by atoms with E-state index >= 15 is 0 Å². The molecule has 1 aromatic carbocycles.